The Kier molecular flexibility index (Phi) is 7.23. The normalized spacial score (nSPS) is 17.8. The van der Waals surface area contributed by atoms with Crippen molar-refractivity contribution in [2.75, 3.05) is 17.7 Å². The first-order valence-electron chi connectivity index (χ1n) is 8.79. The summed E-state index contributed by atoms with van der Waals surface area (Å²) >= 11 is 0. The topological polar surface area (TPSA) is 98.9 Å². The zero-order chi connectivity index (χ0) is 18.1. The minimum absolute atomic E-state index is 0. The fourth-order valence-corrected chi connectivity index (χ4v) is 3.40. The third-order valence-electron chi connectivity index (χ3n) is 4.88. The van der Waals surface area contributed by atoms with Gasteiger partial charge in [-0.15, -0.1) is 24.8 Å². The highest BCUT2D eigenvalue weighted by molar-refractivity contribution is 5.85. The Morgan fingerprint density at radius 3 is 2.57 bits per heavy atom. The van der Waals surface area contributed by atoms with Crippen LogP contribution < -0.4 is 16.4 Å². The van der Waals surface area contributed by atoms with Crippen molar-refractivity contribution < 1.29 is 0 Å². The van der Waals surface area contributed by atoms with E-state index in [1.165, 1.54) is 0 Å². The van der Waals surface area contributed by atoms with Crippen molar-refractivity contribution in [1.82, 2.24) is 19.7 Å². The van der Waals surface area contributed by atoms with Gasteiger partial charge in [-0.2, -0.15) is 10.1 Å². The highest BCUT2D eigenvalue weighted by atomic mass is 35.5. The Hall–Kier alpha value is -2.35. The predicted octanol–water partition coefficient (Wildman–Crippen LogP) is 2.93. The molecule has 7 nitrogen and oxygen atoms in total. The first-order valence-corrected chi connectivity index (χ1v) is 8.79. The number of rotatable bonds is 5. The first-order chi connectivity index (χ1) is 12.6. The number of hydrogen-bond donors (Lipinski definition) is 2. The molecule has 1 saturated carbocycles. The van der Waals surface area contributed by atoms with E-state index in [1.54, 1.807) is 6.20 Å². The van der Waals surface area contributed by atoms with E-state index < -0.39 is 0 Å². The summed E-state index contributed by atoms with van der Waals surface area (Å²) in [5.41, 5.74) is 15.1. The van der Waals surface area contributed by atoms with Gasteiger partial charge in [0.2, 0.25) is 5.95 Å². The number of nitrogens with two attached hydrogens (primary N) is 2. The van der Waals surface area contributed by atoms with Crippen LogP contribution in [0.1, 0.15) is 30.0 Å². The number of benzene rings is 1. The molecule has 0 bridgehead atoms. The van der Waals surface area contributed by atoms with Gasteiger partial charge in [-0.1, -0.05) is 18.2 Å². The smallest absolute Gasteiger partial charge is 0.222 e. The summed E-state index contributed by atoms with van der Waals surface area (Å²) in [5, 5.41) is 4.35. The van der Waals surface area contributed by atoms with E-state index in [0.29, 0.717) is 18.4 Å². The van der Waals surface area contributed by atoms with Gasteiger partial charge in [0.15, 0.2) is 0 Å². The van der Waals surface area contributed by atoms with E-state index in [1.807, 2.05) is 42.2 Å². The molecule has 0 atom stereocenters. The third-order valence-corrected chi connectivity index (χ3v) is 4.88. The molecule has 1 fully saturated rings. The van der Waals surface area contributed by atoms with Crippen LogP contribution in [0.4, 0.5) is 11.8 Å². The average Bonchev–Trinajstić information content (AvgIpc) is 3.13. The van der Waals surface area contributed by atoms with E-state index in [9.17, 15) is 0 Å². The van der Waals surface area contributed by atoms with Gasteiger partial charge in [-0.05, 0) is 30.5 Å². The molecule has 2 heterocycles. The quantitative estimate of drug-likeness (QED) is 0.656. The summed E-state index contributed by atoms with van der Waals surface area (Å²) in [6.07, 6.45) is 5.64. The van der Waals surface area contributed by atoms with E-state index in [0.717, 1.165) is 35.6 Å². The molecule has 0 aliphatic heterocycles. The maximum absolute atomic E-state index is 5.95. The van der Waals surface area contributed by atoms with Crippen molar-refractivity contribution in [3.05, 3.63) is 60.0 Å². The van der Waals surface area contributed by atoms with Gasteiger partial charge in [0.1, 0.15) is 5.82 Å². The first kappa shape index (κ1) is 21.9. The summed E-state index contributed by atoms with van der Waals surface area (Å²) in [4.78, 5) is 10.9. The number of anilines is 2. The van der Waals surface area contributed by atoms with Gasteiger partial charge in [0.05, 0.1) is 11.4 Å². The SMILES string of the molecule is CN(Cc1ccccc1-n1cccn1)c1cc(C2CC(N)C2)nc(N)n1.Cl.Cl. The van der Waals surface area contributed by atoms with Crippen molar-refractivity contribution in [1.29, 1.82) is 0 Å². The molecule has 0 spiro atoms. The fraction of sp³-hybridized carbons (Fsp3) is 0.316. The second kappa shape index (κ2) is 9.23. The number of para-hydroxylation sites is 1. The number of nitrogens with zero attached hydrogens (tertiary/aromatic N) is 5. The molecule has 4 rings (SSSR count). The van der Waals surface area contributed by atoms with E-state index in [-0.39, 0.29) is 30.9 Å². The minimum atomic E-state index is 0. The Morgan fingerprint density at radius 1 is 1.14 bits per heavy atom. The molecule has 1 aliphatic carbocycles. The van der Waals surface area contributed by atoms with Crippen molar-refractivity contribution in [3.8, 4) is 5.69 Å². The monoisotopic (exact) mass is 421 g/mol. The number of nitrogen functional groups attached to an aromatic ring is 1. The van der Waals surface area contributed by atoms with Crippen molar-refractivity contribution in [2.24, 2.45) is 5.73 Å². The van der Waals surface area contributed by atoms with Crippen LogP contribution in [0.2, 0.25) is 0 Å². The van der Waals surface area contributed by atoms with Crippen LogP contribution in [0.3, 0.4) is 0 Å². The van der Waals surface area contributed by atoms with Crippen molar-refractivity contribution in [2.45, 2.75) is 31.3 Å². The summed E-state index contributed by atoms with van der Waals surface area (Å²) in [6.45, 7) is 0.691. The Bertz CT molecular complexity index is 895. The van der Waals surface area contributed by atoms with Crippen molar-refractivity contribution >= 4 is 36.6 Å². The summed E-state index contributed by atoms with van der Waals surface area (Å²) in [6, 6.07) is 12.4. The molecule has 28 heavy (non-hydrogen) atoms. The average molecular weight is 422 g/mol. The lowest BCUT2D eigenvalue weighted by atomic mass is 9.78. The van der Waals surface area contributed by atoms with Crippen LogP contribution in [0, 0.1) is 0 Å². The number of aromatic nitrogens is 4. The molecular weight excluding hydrogens is 397 g/mol. The zero-order valence-corrected chi connectivity index (χ0v) is 17.2. The molecule has 9 heteroatoms. The molecular formula is C19H25Cl2N7. The molecule has 150 valence electrons. The van der Waals surface area contributed by atoms with Crippen LogP contribution in [0.5, 0.6) is 0 Å². The Balaban J connectivity index is 0.00000140. The van der Waals surface area contributed by atoms with Gasteiger partial charge in [-0.25, -0.2) is 9.67 Å². The van der Waals surface area contributed by atoms with Crippen LogP contribution in [-0.4, -0.2) is 32.8 Å². The van der Waals surface area contributed by atoms with Crippen LogP contribution >= 0.6 is 24.8 Å². The van der Waals surface area contributed by atoms with Gasteiger partial charge < -0.3 is 16.4 Å². The van der Waals surface area contributed by atoms with Gasteiger partial charge >= 0.3 is 0 Å². The van der Waals surface area contributed by atoms with E-state index in [2.05, 4.69) is 32.1 Å². The molecule has 0 radical (unpaired) electrons. The largest absolute Gasteiger partial charge is 0.368 e. The van der Waals surface area contributed by atoms with Crippen molar-refractivity contribution in [3.63, 3.8) is 0 Å². The van der Waals surface area contributed by atoms with Crippen LogP contribution in [0.25, 0.3) is 5.69 Å². The zero-order valence-electron chi connectivity index (χ0n) is 15.6. The van der Waals surface area contributed by atoms with Gasteiger partial charge in [0, 0.05) is 44.0 Å². The fourth-order valence-electron chi connectivity index (χ4n) is 3.40. The summed E-state index contributed by atoms with van der Waals surface area (Å²) < 4.78 is 1.87. The summed E-state index contributed by atoms with van der Waals surface area (Å²) in [5.74, 6) is 1.52. The maximum Gasteiger partial charge on any atom is 0.222 e. The number of halogens is 2. The molecule has 4 N–H and O–H groups in total. The molecule has 3 aromatic rings. The minimum Gasteiger partial charge on any atom is -0.368 e. The molecule has 1 aromatic carbocycles. The standard InChI is InChI=1S/C19H23N7.2ClH/c1-25(12-13-5-2-3-6-17(13)26-8-4-7-22-26)18-11-16(23-19(21)24-18)14-9-15(20)10-14;;/h2-8,11,14-15H,9-10,12,20H2,1H3,(H2,21,23,24);2*1H. The molecule has 0 unspecified atom stereocenters. The lowest BCUT2D eigenvalue weighted by Gasteiger charge is -2.32. The second-order valence-electron chi connectivity index (χ2n) is 6.87. The Morgan fingerprint density at radius 2 is 1.89 bits per heavy atom. The molecule has 0 saturated heterocycles. The van der Waals surface area contributed by atoms with Gasteiger partial charge in [-0.3, -0.25) is 0 Å². The molecule has 2 aromatic heterocycles. The highest BCUT2D eigenvalue weighted by Crippen LogP contribution is 2.36. The van der Waals surface area contributed by atoms with Crippen LogP contribution in [0.15, 0.2) is 48.8 Å². The maximum atomic E-state index is 5.95. The van der Waals surface area contributed by atoms with Crippen LogP contribution in [-0.2, 0) is 6.54 Å². The Labute approximate surface area is 177 Å². The highest BCUT2D eigenvalue weighted by Gasteiger charge is 2.29. The third kappa shape index (κ3) is 4.55. The number of hydrogen-bond acceptors (Lipinski definition) is 6. The second-order valence-corrected chi connectivity index (χ2v) is 6.87. The van der Waals surface area contributed by atoms with E-state index in [4.69, 9.17) is 11.5 Å². The lowest BCUT2D eigenvalue weighted by Crippen LogP contribution is -2.35. The predicted molar refractivity (Wildman–Crippen MR) is 117 cm³/mol. The van der Waals surface area contributed by atoms with E-state index >= 15 is 0 Å². The molecule has 1 aliphatic rings. The van der Waals surface area contributed by atoms with Gasteiger partial charge in [0.25, 0.3) is 0 Å². The lowest BCUT2D eigenvalue weighted by molar-refractivity contribution is 0.345. The summed E-state index contributed by atoms with van der Waals surface area (Å²) in [7, 11) is 2.01. The molecule has 0 amide bonds.